The van der Waals surface area contributed by atoms with Crippen molar-refractivity contribution in [3.05, 3.63) is 64.8 Å². The van der Waals surface area contributed by atoms with Crippen LogP contribution in [0.5, 0.6) is 5.75 Å². The SMILES string of the molecule is COc1ccc(CCN)cc1Nc1ncc(Cl)c(Nc2ccccc2C(C)C)n1. The summed E-state index contributed by atoms with van der Waals surface area (Å²) in [5.41, 5.74) is 9.71. The molecule has 0 fully saturated rings. The third-order valence-electron chi connectivity index (χ3n) is 4.52. The zero-order valence-electron chi connectivity index (χ0n) is 16.9. The number of ether oxygens (including phenoxy) is 1. The molecule has 0 spiro atoms. The maximum Gasteiger partial charge on any atom is 0.229 e. The van der Waals surface area contributed by atoms with Gasteiger partial charge in [0.1, 0.15) is 10.8 Å². The van der Waals surface area contributed by atoms with Gasteiger partial charge in [-0.05, 0) is 48.2 Å². The highest BCUT2D eigenvalue weighted by molar-refractivity contribution is 6.32. The average molecular weight is 412 g/mol. The van der Waals surface area contributed by atoms with Crippen LogP contribution < -0.4 is 21.1 Å². The summed E-state index contributed by atoms with van der Waals surface area (Å²) in [6, 6.07) is 14.0. The van der Waals surface area contributed by atoms with Gasteiger partial charge in [-0.1, -0.05) is 49.7 Å². The van der Waals surface area contributed by atoms with E-state index in [1.54, 1.807) is 13.3 Å². The van der Waals surface area contributed by atoms with E-state index in [-0.39, 0.29) is 0 Å². The van der Waals surface area contributed by atoms with Crippen LogP contribution in [0.2, 0.25) is 5.02 Å². The minimum atomic E-state index is 0.367. The molecule has 0 saturated heterocycles. The van der Waals surface area contributed by atoms with E-state index in [0.29, 0.717) is 35.0 Å². The topological polar surface area (TPSA) is 85.1 Å². The highest BCUT2D eigenvalue weighted by Gasteiger charge is 2.12. The van der Waals surface area contributed by atoms with Crippen molar-refractivity contribution < 1.29 is 4.74 Å². The van der Waals surface area contributed by atoms with Crippen molar-refractivity contribution in [1.29, 1.82) is 0 Å². The minimum Gasteiger partial charge on any atom is -0.495 e. The Bertz CT molecular complexity index is 977. The highest BCUT2D eigenvalue weighted by Crippen LogP contribution is 2.31. The fraction of sp³-hybridized carbons (Fsp3) is 0.273. The van der Waals surface area contributed by atoms with E-state index in [2.05, 4.69) is 40.5 Å². The molecule has 1 heterocycles. The monoisotopic (exact) mass is 411 g/mol. The van der Waals surface area contributed by atoms with Gasteiger partial charge in [0.25, 0.3) is 0 Å². The Morgan fingerprint density at radius 1 is 1.10 bits per heavy atom. The summed E-state index contributed by atoms with van der Waals surface area (Å²) in [5, 5.41) is 7.01. The van der Waals surface area contributed by atoms with Crippen molar-refractivity contribution in [1.82, 2.24) is 9.97 Å². The summed E-state index contributed by atoms with van der Waals surface area (Å²) >= 11 is 6.35. The number of para-hydroxylation sites is 1. The summed E-state index contributed by atoms with van der Waals surface area (Å²) in [7, 11) is 1.63. The van der Waals surface area contributed by atoms with Crippen LogP contribution in [0.4, 0.5) is 23.1 Å². The maximum atomic E-state index is 6.35. The normalized spacial score (nSPS) is 10.8. The Balaban J connectivity index is 1.90. The Kier molecular flexibility index (Phi) is 6.90. The number of benzene rings is 2. The van der Waals surface area contributed by atoms with Crippen molar-refractivity contribution in [3.63, 3.8) is 0 Å². The van der Waals surface area contributed by atoms with Gasteiger partial charge in [-0.2, -0.15) is 4.98 Å². The summed E-state index contributed by atoms with van der Waals surface area (Å²) in [6.07, 6.45) is 2.35. The van der Waals surface area contributed by atoms with Gasteiger partial charge < -0.3 is 21.1 Å². The van der Waals surface area contributed by atoms with Crippen LogP contribution in [0.1, 0.15) is 30.9 Å². The second kappa shape index (κ2) is 9.58. The predicted octanol–water partition coefficient (Wildman–Crippen LogP) is 5.25. The number of nitrogens with two attached hydrogens (primary N) is 1. The highest BCUT2D eigenvalue weighted by atomic mass is 35.5. The molecule has 152 valence electrons. The van der Waals surface area contributed by atoms with Gasteiger partial charge >= 0.3 is 0 Å². The van der Waals surface area contributed by atoms with Crippen LogP contribution in [0.25, 0.3) is 0 Å². The molecule has 29 heavy (non-hydrogen) atoms. The number of aromatic nitrogens is 2. The Labute approximate surface area is 176 Å². The first-order chi connectivity index (χ1) is 14.0. The van der Waals surface area contributed by atoms with Gasteiger partial charge in [0.2, 0.25) is 5.95 Å². The third-order valence-corrected chi connectivity index (χ3v) is 4.80. The molecule has 0 atom stereocenters. The molecule has 7 heteroatoms. The number of nitrogens with zero attached hydrogens (tertiary/aromatic N) is 2. The van der Waals surface area contributed by atoms with Gasteiger partial charge in [0.05, 0.1) is 19.0 Å². The van der Waals surface area contributed by atoms with E-state index in [4.69, 9.17) is 22.1 Å². The molecule has 0 unspecified atom stereocenters. The van der Waals surface area contributed by atoms with E-state index < -0.39 is 0 Å². The smallest absolute Gasteiger partial charge is 0.229 e. The molecule has 0 aliphatic carbocycles. The van der Waals surface area contributed by atoms with Crippen LogP contribution in [0.3, 0.4) is 0 Å². The molecule has 4 N–H and O–H groups in total. The number of hydrogen-bond donors (Lipinski definition) is 3. The zero-order valence-corrected chi connectivity index (χ0v) is 17.6. The van der Waals surface area contributed by atoms with E-state index in [1.165, 1.54) is 5.56 Å². The van der Waals surface area contributed by atoms with Crippen LogP contribution in [0.15, 0.2) is 48.7 Å². The maximum absolute atomic E-state index is 6.35. The molecule has 2 aromatic carbocycles. The fourth-order valence-corrected chi connectivity index (χ4v) is 3.19. The quantitative estimate of drug-likeness (QED) is 0.469. The first-order valence-electron chi connectivity index (χ1n) is 9.54. The molecule has 0 aliphatic rings. The van der Waals surface area contributed by atoms with Crippen molar-refractivity contribution >= 4 is 34.7 Å². The molecule has 1 aromatic heterocycles. The number of hydrogen-bond acceptors (Lipinski definition) is 6. The minimum absolute atomic E-state index is 0.367. The van der Waals surface area contributed by atoms with Crippen LogP contribution in [-0.4, -0.2) is 23.6 Å². The first kappa shape index (κ1) is 20.9. The molecular formula is C22H26ClN5O. The third kappa shape index (κ3) is 5.16. The zero-order chi connectivity index (χ0) is 20.8. The fourth-order valence-electron chi connectivity index (χ4n) is 3.05. The van der Waals surface area contributed by atoms with Gasteiger partial charge in [-0.15, -0.1) is 0 Å². The van der Waals surface area contributed by atoms with E-state index in [9.17, 15) is 0 Å². The lowest BCUT2D eigenvalue weighted by atomic mass is 10.0. The second-order valence-corrected chi connectivity index (χ2v) is 7.36. The van der Waals surface area contributed by atoms with E-state index in [0.717, 1.165) is 23.4 Å². The number of nitrogens with one attached hydrogen (secondary N) is 2. The van der Waals surface area contributed by atoms with E-state index >= 15 is 0 Å². The Morgan fingerprint density at radius 3 is 2.62 bits per heavy atom. The standard InChI is InChI=1S/C22H26ClN5O/c1-14(2)16-6-4-5-7-18(16)26-21-17(23)13-25-22(28-21)27-19-12-15(10-11-24)8-9-20(19)29-3/h4-9,12-14H,10-11,24H2,1-3H3,(H2,25,26,27,28). The largest absolute Gasteiger partial charge is 0.495 e. The van der Waals surface area contributed by atoms with Crippen molar-refractivity contribution in [2.45, 2.75) is 26.2 Å². The van der Waals surface area contributed by atoms with Crippen LogP contribution >= 0.6 is 11.6 Å². The lowest BCUT2D eigenvalue weighted by Gasteiger charge is -2.16. The van der Waals surface area contributed by atoms with Crippen molar-refractivity contribution in [2.24, 2.45) is 5.73 Å². The summed E-state index contributed by atoms with van der Waals surface area (Å²) < 4.78 is 5.45. The summed E-state index contributed by atoms with van der Waals surface area (Å²) in [6.45, 7) is 4.87. The van der Waals surface area contributed by atoms with Crippen molar-refractivity contribution in [3.8, 4) is 5.75 Å². The summed E-state index contributed by atoms with van der Waals surface area (Å²) in [5.74, 6) is 2.02. The van der Waals surface area contributed by atoms with Crippen molar-refractivity contribution in [2.75, 3.05) is 24.3 Å². The second-order valence-electron chi connectivity index (χ2n) is 6.96. The molecule has 0 bridgehead atoms. The first-order valence-corrected chi connectivity index (χ1v) is 9.92. The number of methoxy groups -OCH3 is 1. The van der Waals surface area contributed by atoms with Crippen LogP contribution in [0, 0.1) is 0 Å². The molecule has 0 amide bonds. The number of anilines is 4. The number of halogens is 1. The molecule has 0 saturated carbocycles. The predicted molar refractivity (Wildman–Crippen MR) is 120 cm³/mol. The molecular weight excluding hydrogens is 386 g/mol. The van der Waals surface area contributed by atoms with Crippen LogP contribution in [-0.2, 0) is 6.42 Å². The van der Waals surface area contributed by atoms with Gasteiger partial charge in [0, 0.05) is 5.69 Å². The van der Waals surface area contributed by atoms with Gasteiger partial charge in [0.15, 0.2) is 5.82 Å². The van der Waals surface area contributed by atoms with Gasteiger partial charge in [-0.25, -0.2) is 4.98 Å². The lowest BCUT2D eigenvalue weighted by molar-refractivity contribution is 0.416. The number of rotatable bonds is 8. The molecule has 0 radical (unpaired) electrons. The van der Waals surface area contributed by atoms with Gasteiger partial charge in [-0.3, -0.25) is 0 Å². The average Bonchev–Trinajstić information content (AvgIpc) is 2.71. The summed E-state index contributed by atoms with van der Waals surface area (Å²) in [4.78, 5) is 8.88. The Hall–Kier alpha value is -2.83. The van der Waals surface area contributed by atoms with E-state index in [1.807, 2.05) is 36.4 Å². The molecule has 3 rings (SSSR count). The lowest BCUT2D eigenvalue weighted by Crippen LogP contribution is -2.06. The molecule has 3 aromatic rings. The molecule has 6 nitrogen and oxygen atoms in total. The molecule has 0 aliphatic heterocycles. The Morgan fingerprint density at radius 2 is 1.90 bits per heavy atom.